The van der Waals surface area contributed by atoms with E-state index in [0.717, 1.165) is 18.4 Å². The third-order valence-corrected chi connectivity index (χ3v) is 2.83. The molecule has 1 N–H and O–H groups in total. The van der Waals surface area contributed by atoms with E-state index in [4.69, 9.17) is 46.0 Å². The molecule has 1 fully saturated rings. The monoisotopic (exact) mass is 304 g/mol. The molecule has 1 saturated heterocycles. The maximum absolute atomic E-state index is 9.62. The van der Waals surface area contributed by atoms with Crippen molar-refractivity contribution in [3.63, 3.8) is 0 Å². The van der Waals surface area contributed by atoms with Crippen LogP contribution >= 0.6 is 34.8 Å². The maximum Gasteiger partial charge on any atom is 0.356 e. The van der Waals surface area contributed by atoms with Gasteiger partial charge in [0.05, 0.1) is 7.47 Å². The summed E-state index contributed by atoms with van der Waals surface area (Å²) in [4.78, 5) is 9.62. The van der Waals surface area contributed by atoms with E-state index in [9.17, 15) is 4.79 Å². The summed E-state index contributed by atoms with van der Waals surface area (Å²) < 4.78 is 10.6. The summed E-state index contributed by atoms with van der Waals surface area (Å²) in [5, 5.41) is 7.85. The predicted octanol–water partition coefficient (Wildman–Crippen LogP) is 3.82. The molecule has 1 heterocycles. The minimum atomic E-state index is -2.17. The van der Waals surface area contributed by atoms with E-state index in [1.807, 2.05) is 6.92 Å². The highest BCUT2D eigenvalue weighted by Gasteiger charge is 2.29. The van der Waals surface area contributed by atoms with Crippen molar-refractivity contribution in [3.8, 4) is 0 Å². The molecule has 0 radical (unpaired) electrons. The number of hydrogen-bond acceptors (Lipinski definition) is 2. The number of ether oxygens (including phenoxy) is 1. The Bertz CT molecular complexity index is 304. The molecule has 1 rings (SSSR count). The van der Waals surface area contributed by atoms with Gasteiger partial charge in [-0.15, -0.1) is 0 Å². The van der Waals surface area contributed by atoms with Gasteiger partial charge in [0.25, 0.3) is 3.79 Å². The lowest BCUT2D eigenvalue weighted by atomic mass is 9.93. The number of carboxylic acid groups (broad SMARTS) is 1. The molecule has 0 aromatic heterocycles. The standard InChI is InChI=1S/C9H16O.C2HCl3O2/c1-4-9-8(7(2)3)5-6-10-9;3-2(4,5)1(6)7/h8-9H,2,4-6H2,1,3H3;(H,6,7)/t8?,9-;/m1./s1/i6T;/t6-,8?,9+;/m0.. The van der Waals surface area contributed by atoms with Gasteiger partial charge in [-0.1, -0.05) is 53.9 Å². The average molecular weight is 306 g/mol. The molecule has 6 heteroatoms. The van der Waals surface area contributed by atoms with E-state index < -0.39 is 9.76 Å². The van der Waals surface area contributed by atoms with Crippen LogP contribution in [0.25, 0.3) is 0 Å². The number of carboxylic acids is 1. The van der Waals surface area contributed by atoms with Gasteiger partial charge in [0.2, 0.25) is 0 Å². The number of rotatable bonds is 2. The highest BCUT2D eigenvalue weighted by molar-refractivity contribution is 6.75. The van der Waals surface area contributed by atoms with Gasteiger partial charge < -0.3 is 9.84 Å². The summed E-state index contributed by atoms with van der Waals surface area (Å²) in [6.07, 6.45) is 2.07. The predicted molar refractivity (Wildman–Crippen MR) is 70.9 cm³/mol. The van der Waals surface area contributed by atoms with Crippen molar-refractivity contribution in [2.24, 2.45) is 5.92 Å². The van der Waals surface area contributed by atoms with Crippen molar-refractivity contribution in [1.29, 1.82) is 0 Å². The Morgan fingerprint density at radius 1 is 1.65 bits per heavy atom. The fourth-order valence-electron chi connectivity index (χ4n) is 1.43. The van der Waals surface area contributed by atoms with Crippen LogP contribution in [0.1, 0.15) is 28.1 Å². The van der Waals surface area contributed by atoms with Gasteiger partial charge in [0.15, 0.2) is 0 Å². The zero-order valence-electron chi connectivity index (χ0n) is 10.8. The van der Waals surface area contributed by atoms with Gasteiger partial charge in [-0.05, 0) is 19.8 Å². The number of aliphatic carboxylic acids is 1. The molecule has 0 amide bonds. The largest absolute Gasteiger partial charge is 0.478 e. The molecule has 0 aromatic rings. The van der Waals surface area contributed by atoms with Crippen LogP contribution < -0.4 is 0 Å². The molecule has 17 heavy (non-hydrogen) atoms. The lowest BCUT2D eigenvalue weighted by Gasteiger charge is -2.15. The number of hydrogen-bond donors (Lipinski definition) is 1. The molecule has 1 aliphatic heterocycles. The van der Waals surface area contributed by atoms with Crippen molar-refractivity contribution in [2.45, 2.75) is 36.6 Å². The topological polar surface area (TPSA) is 46.5 Å². The molecule has 0 aliphatic carbocycles. The first kappa shape index (κ1) is 15.1. The quantitative estimate of drug-likeness (QED) is 0.623. The van der Waals surface area contributed by atoms with Crippen LogP contribution in [0.2, 0.25) is 0 Å². The van der Waals surface area contributed by atoms with Crippen LogP contribution in [-0.4, -0.2) is 27.6 Å². The second kappa shape index (κ2) is 7.47. The molecule has 0 aromatic carbocycles. The van der Waals surface area contributed by atoms with Crippen molar-refractivity contribution < 1.29 is 16.0 Å². The van der Waals surface area contributed by atoms with Crippen LogP contribution in [0.15, 0.2) is 12.2 Å². The first-order chi connectivity index (χ1) is 8.09. The minimum Gasteiger partial charge on any atom is -0.478 e. The summed E-state index contributed by atoms with van der Waals surface area (Å²) in [5.74, 6) is -1.04. The SMILES string of the molecule is O=C(O)C(Cl)(Cl)Cl.[3H][C@H]1CC(C(=C)C)[C@@H](CC)O1. The molecule has 1 aliphatic rings. The Labute approximate surface area is 118 Å². The summed E-state index contributed by atoms with van der Waals surface area (Å²) in [6, 6.07) is 0. The Hall–Kier alpha value is 0.0400. The van der Waals surface area contributed by atoms with Crippen LogP contribution in [0.4, 0.5) is 0 Å². The first-order valence-electron chi connectivity index (χ1n) is 5.70. The fraction of sp³-hybridized carbons (Fsp3) is 0.727. The molecule has 100 valence electrons. The first-order valence-corrected chi connectivity index (χ1v) is 6.26. The Balaban J connectivity index is 0.000000360. The molecule has 3 nitrogen and oxygen atoms in total. The molecule has 0 saturated carbocycles. The number of alkyl halides is 3. The maximum atomic E-state index is 9.62. The van der Waals surface area contributed by atoms with E-state index in [2.05, 4.69) is 13.5 Å². The normalized spacial score (nSPS) is 29.0. The minimum absolute atomic E-state index is 0.245. The Kier molecular flexibility index (Phi) is 6.63. The third kappa shape index (κ3) is 6.51. The van der Waals surface area contributed by atoms with Gasteiger partial charge >= 0.3 is 5.97 Å². The molecule has 3 atom stereocenters. The van der Waals surface area contributed by atoms with Crippen molar-refractivity contribution in [2.75, 3.05) is 6.58 Å². The summed E-state index contributed by atoms with van der Waals surface area (Å²) in [6.45, 7) is 7.71. The number of carbonyl (C=O) groups is 1. The van der Waals surface area contributed by atoms with Crippen LogP contribution in [0, 0.1) is 5.92 Å². The van der Waals surface area contributed by atoms with Crippen molar-refractivity contribution >= 4 is 40.8 Å². The summed E-state index contributed by atoms with van der Waals surface area (Å²) in [5.41, 5.74) is 1.16. The molecular weight excluding hydrogens is 286 g/mol. The van der Waals surface area contributed by atoms with Crippen molar-refractivity contribution in [1.82, 2.24) is 0 Å². The van der Waals surface area contributed by atoms with Crippen molar-refractivity contribution in [3.05, 3.63) is 12.2 Å². The zero-order valence-corrected chi connectivity index (χ0v) is 12.0. The van der Waals surface area contributed by atoms with Crippen LogP contribution in [-0.2, 0) is 9.53 Å². The second-order valence-corrected chi connectivity index (χ2v) is 6.02. The van der Waals surface area contributed by atoms with E-state index in [0.29, 0.717) is 5.92 Å². The van der Waals surface area contributed by atoms with E-state index >= 15 is 0 Å². The average Bonchev–Trinajstić information content (AvgIpc) is 2.59. The van der Waals surface area contributed by atoms with Crippen LogP contribution in [0.5, 0.6) is 0 Å². The molecule has 1 unspecified atom stereocenters. The summed E-state index contributed by atoms with van der Waals surface area (Å²) >= 11 is 14.4. The van der Waals surface area contributed by atoms with E-state index in [1.165, 1.54) is 0 Å². The summed E-state index contributed by atoms with van der Waals surface area (Å²) in [7, 11) is 0. The Morgan fingerprint density at radius 2 is 2.12 bits per heavy atom. The third-order valence-electron chi connectivity index (χ3n) is 2.35. The molecule has 0 spiro atoms. The second-order valence-electron chi connectivity index (χ2n) is 3.74. The highest BCUT2D eigenvalue weighted by atomic mass is 35.6. The zero-order chi connectivity index (χ0) is 14.5. The molecule has 0 bridgehead atoms. The highest BCUT2D eigenvalue weighted by Crippen LogP contribution is 2.28. The van der Waals surface area contributed by atoms with Gasteiger partial charge in [0.1, 0.15) is 0 Å². The Morgan fingerprint density at radius 3 is 2.35 bits per heavy atom. The number of halogens is 3. The lowest BCUT2D eigenvalue weighted by Crippen LogP contribution is -2.16. The fourth-order valence-corrected chi connectivity index (χ4v) is 1.43. The van der Waals surface area contributed by atoms with E-state index in [1.54, 1.807) is 0 Å². The van der Waals surface area contributed by atoms with Gasteiger partial charge in [-0.3, -0.25) is 0 Å². The van der Waals surface area contributed by atoms with Crippen LogP contribution in [0.3, 0.4) is 0 Å². The van der Waals surface area contributed by atoms with Gasteiger partial charge in [-0.25, -0.2) is 4.79 Å². The lowest BCUT2D eigenvalue weighted by molar-refractivity contribution is -0.135. The molecular formula is C11H17Cl3O3. The van der Waals surface area contributed by atoms with E-state index in [-0.39, 0.29) is 12.7 Å². The van der Waals surface area contributed by atoms with Gasteiger partial charge in [-0.2, -0.15) is 0 Å². The smallest absolute Gasteiger partial charge is 0.356 e. The van der Waals surface area contributed by atoms with Gasteiger partial charge in [0, 0.05) is 12.5 Å².